The van der Waals surface area contributed by atoms with Crippen LogP contribution in [-0.2, 0) is 0 Å². The summed E-state index contributed by atoms with van der Waals surface area (Å²) in [4.78, 5) is 30.6. The van der Waals surface area contributed by atoms with Gasteiger partial charge in [-0.15, -0.1) is 0 Å². The van der Waals surface area contributed by atoms with E-state index in [-0.39, 0.29) is 11.5 Å². The minimum atomic E-state index is -0.652. The minimum Gasteiger partial charge on any atom is -0.383 e. The van der Waals surface area contributed by atoms with Crippen LogP contribution >= 0.6 is 0 Å². The van der Waals surface area contributed by atoms with Crippen LogP contribution in [0.4, 0.5) is 11.5 Å². The summed E-state index contributed by atoms with van der Waals surface area (Å²) in [5.41, 5.74) is 5.23. The molecule has 0 atom stereocenters. The van der Waals surface area contributed by atoms with E-state index in [1.807, 2.05) is 36.4 Å². The summed E-state index contributed by atoms with van der Waals surface area (Å²) in [5, 5.41) is 0. The Labute approximate surface area is 108 Å². The molecule has 0 fully saturated rings. The molecule has 4 N–H and O–H groups in total. The van der Waals surface area contributed by atoms with Crippen LogP contribution in [-0.4, -0.2) is 16.2 Å². The fourth-order valence-electron chi connectivity index (χ4n) is 1.46. The zero-order chi connectivity index (χ0) is 13.7. The van der Waals surface area contributed by atoms with E-state index in [0.29, 0.717) is 0 Å². The molecule has 1 aromatic carbocycles. The second-order valence-corrected chi connectivity index (χ2v) is 3.72. The van der Waals surface area contributed by atoms with Crippen LogP contribution in [0.1, 0.15) is 5.56 Å². The highest BCUT2D eigenvalue weighted by atomic mass is 16.2. The van der Waals surface area contributed by atoms with Gasteiger partial charge in [-0.1, -0.05) is 36.4 Å². The van der Waals surface area contributed by atoms with Crippen LogP contribution in [0.5, 0.6) is 0 Å². The summed E-state index contributed by atoms with van der Waals surface area (Å²) in [5.74, 6) is -0.0573. The average molecular weight is 256 g/mol. The van der Waals surface area contributed by atoms with E-state index in [2.05, 4.69) is 15.0 Å². The molecule has 6 nitrogen and oxygen atoms in total. The molecule has 6 heteroatoms. The number of rotatable bonds is 3. The number of hydrogen-bond acceptors (Lipinski definition) is 4. The Hall–Kier alpha value is -2.89. The zero-order valence-corrected chi connectivity index (χ0v) is 9.96. The SMILES string of the molecule is Nc1[nH]c(=O)[nH]c(=O)c1N=C/C=C/c1ccccc1. The Morgan fingerprint density at radius 3 is 2.53 bits per heavy atom. The highest BCUT2D eigenvalue weighted by molar-refractivity contribution is 5.81. The fourth-order valence-corrected chi connectivity index (χ4v) is 1.46. The molecule has 0 spiro atoms. The summed E-state index contributed by atoms with van der Waals surface area (Å²) >= 11 is 0. The third kappa shape index (κ3) is 3.29. The van der Waals surface area contributed by atoms with E-state index < -0.39 is 11.2 Å². The Bertz CT molecular complexity index is 726. The van der Waals surface area contributed by atoms with Gasteiger partial charge >= 0.3 is 5.69 Å². The Morgan fingerprint density at radius 2 is 1.84 bits per heavy atom. The molecule has 0 saturated carbocycles. The molecule has 1 heterocycles. The van der Waals surface area contributed by atoms with E-state index in [9.17, 15) is 9.59 Å². The number of nitrogens with one attached hydrogen (secondary N) is 2. The van der Waals surface area contributed by atoms with Crippen molar-refractivity contribution in [1.82, 2.24) is 9.97 Å². The monoisotopic (exact) mass is 256 g/mol. The fraction of sp³-hybridized carbons (Fsp3) is 0. The topological polar surface area (TPSA) is 104 Å². The predicted octanol–water partition coefficient (Wildman–Crippen LogP) is 1.06. The smallest absolute Gasteiger partial charge is 0.327 e. The molecule has 19 heavy (non-hydrogen) atoms. The van der Waals surface area contributed by atoms with Gasteiger partial charge in [-0.25, -0.2) is 9.79 Å². The van der Waals surface area contributed by atoms with Crippen LogP contribution in [0.3, 0.4) is 0 Å². The summed E-state index contributed by atoms with van der Waals surface area (Å²) in [6, 6.07) is 9.63. The van der Waals surface area contributed by atoms with E-state index >= 15 is 0 Å². The number of nitrogen functional groups attached to an aromatic ring is 1. The van der Waals surface area contributed by atoms with E-state index in [4.69, 9.17) is 5.73 Å². The second-order valence-electron chi connectivity index (χ2n) is 3.72. The number of benzene rings is 1. The lowest BCUT2D eigenvalue weighted by Gasteiger charge is -1.95. The van der Waals surface area contributed by atoms with Gasteiger partial charge in [-0.05, 0) is 11.6 Å². The van der Waals surface area contributed by atoms with Gasteiger partial charge in [0.15, 0.2) is 5.69 Å². The minimum absolute atomic E-state index is 0.0164. The quantitative estimate of drug-likeness (QED) is 0.715. The van der Waals surface area contributed by atoms with E-state index in [1.54, 1.807) is 6.08 Å². The molecule has 96 valence electrons. The van der Waals surface area contributed by atoms with Gasteiger partial charge in [0.1, 0.15) is 5.82 Å². The predicted molar refractivity (Wildman–Crippen MR) is 75.7 cm³/mol. The van der Waals surface area contributed by atoms with Gasteiger partial charge in [0.25, 0.3) is 5.56 Å². The van der Waals surface area contributed by atoms with Crippen molar-refractivity contribution >= 4 is 23.8 Å². The second kappa shape index (κ2) is 5.63. The lowest BCUT2D eigenvalue weighted by molar-refractivity contribution is 1.04. The number of nitrogens with two attached hydrogens (primary N) is 1. The average Bonchev–Trinajstić information content (AvgIpc) is 2.38. The molecule has 1 aromatic heterocycles. The van der Waals surface area contributed by atoms with E-state index in [0.717, 1.165) is 5.56 Å². The summed E-state index contributed by atoms with van der Waals surface area (Å²) in [6.45, 7) is 0. The van der Waals surface area contributed by atoms with Crippen LogP contribution < -0.4 is 17.0 Å². The highest BCUT2D eigenvalue weighted by Crippen LogP contribution is 2.09. The molecule has 0 aliphatic heterocycles. The van der Waals surface area contributed by atoms with Gasteiger partial charge in [0.2, 0.25) is 0 Å². The first-order chi connectivity index (χ1) is 9.16. The Balaban J connectivity index is 2.19. The molecule has 0 aliphatic carbocycles. The van der Waals surface area contributed by atoms with Crippen molar-refractivity contribution in [3.8, 4) is 0 Å². The molecule has 0 amide bonds. The highest BCUT2D eigenvalue weighted by Gasteiger charge is 2.02. The van der Waals surface area contributed by atoms with Crippen molar-refractivity contribution in [1.29, 1.82) is 0 Å². The summed E-state index contributed by atoms with van der Waals surface area (Å²) in [6.07, 6.45) is 4.95. The van der Waals surface area contributed by atoms with E-state index in [1.165, 1.54) is 6.21 Å². The van der Waals surface area contributed by atoms with Gasteiger partial charge in [-0.3, -0.25) is 14.8 Å². The number of aliphatic imine (C=N–C) groups is 1. The van der Waals surface area contributed by atoms with Crippen molar-refractivity contribution < 1.29 is 0 Å². The number of aromatic amines is 2. The Kier molecular flexibility index (Phi) is 3.72. The first-order valence-corrected chi connectivity index (χ1v) is 5.54. The van der Waals surface area contributed by atoms with Crippen molar-refractivity contribution in [2.24, 2.45) is 4.99 Å². The summed E-state index contributed by atoms with van der Waals surface area (Å²) in [7, 11) is 0. The molecule has 0 radical (unpaired) electrons. The maximum atomic E-state index is 11.4. The van der Waals surface area contributed by atoms with Crippen LogP contribution in [0.25, 0.3) is 6.08 Å². The number of aromatic nitrogens is 2. The maximum Gasteiger partial charge on any atom is 0.327 e. The lowest BCUT2D eigenvalue weighted by Crippen LogP contribution is -2.23. The number of H-pyrrole nitrogens is 2. The van der Waals surface area contributed by atoms with Gasteiger partial charge in [-0.2, -0.15) is 0 Å². The van der Waals surface area contributed by atoms with Crippen molar-refractivity contribution in [2.75, 3.05) is 5.73 Å². The third-order valence-corrected chi connectivity index (χ3v) is 2.32. The van der Waals surface area contributed by atoms with Crippen molar-refractivity contribution in [2.45, 2.75) is 0 Å². The first kappa shape index (κ1) is 12.6. The van der Waals surface area contributed by atoms with Crippen LogP contribution in [0.15, 0.2) is 51.0 Å². The summed E-state index contributed by atoms with van der Waals surface area (Å²) < 4.78 is 0. The number of allylic oxidation sites excluding steroid dienone is 1. The molecule has 2 rings (SSSR count). The number of hydrogen-bond donors (Lipinski definition) is 3. The molecule has 2 aromatic rings. The largest absolute Gasteiger partial charge is 0.383 e. The number of nitrogens with zero attached hydrogens (tertiary/aromatic N) is 1. The standard InChI is InChI=1S/C13H12N4O2/c14-11-10(12(18)17-13(19)16-11)15-8-4-7-9-5-2-1-3-6-9/h1-8H,(H4,14,16,17,18,19)/b7-4+,15-8?. The molecule has 0 aliphatic rings. The lowest BCUT2D eigenvalue weighted by atomic mass is 10.2. The normalized spacial score (nSPS) is 11.4. The van der Waals surface area contributed by atoms with Gasteiger partial charge in [0, 0.05) is 6.21 Å². The van der Waals surface area contributed by atoms with Gasteiger partial charge in [0.05, 0.1) is 0 Å². The third-order valence-electron chi connectivity index (χ3n) is 2.32. The van der Waals surface area contributed by atoms with Gasteiger partial charge < -0.3 is 5.73 Å². The molecular formula is C13H12N4O2. The van der Waals surface area contributed by atoms with Crippen LogP contribution in [0.2, 0.25) is 0 Å². The molecule has 0 saturated heterocycles. The van der Waals surface area contributed by atoms with Crippen LogP contribution in [0, 0.1) is 0 Å². The molecular weight excluding hydrogens is 244 g/mol. The molecule has 0 unspecified atom stereocenters. The number of anilines is 1. The Morgan fingerprint density at radius 1 is 1.11 bits per heavy atom. The molecule has 0 bridgehead atoms. The maximum absolute atomic E-state index is 11.4. The first-order valence-electron chi connectivity index (χ1n) is 5.54. The van der Waals surface area contributed by atoms with Crippen molar-refractivity contribution in [3.05, 3.63) is 62.8 Å². The van der Waals surface area contributed by atoms with Crippen molar-refractivity contribution in [3.63, 3.8) is 0 Å². The zero-order valence-electron chi connectivity index (χ0n) is 9.96.